The van der Waals surface area contributed by atoms with Crippen molar-refractivity contribution in [3.63, 3.8) is 0 Å². The molecule has 27 heavy (non-hydrogen) atoms. The van der Waals surface area contributed by atoms with E-state index in [1.165, 1.54) is 0 Å². The molecule has 3 rings (SSSR count). The third-order valence-electron chi connectivity index (χ3n) is 6.43. The average molecular weight is 385 g/mol. The zero-order valence-electron chi connectivity index (χ0n) is 18.1. The van der Waals surface area contributed by atoms with Gasteiger partial charge in [0.2, 0.25) is 0 Å². The maximum atomic E-state index is 6.78. The van der Waals surface area contributed by atoms with Crippen molar-refractivity contribution in [2.45, 2.75) is 77.8 Å². The molecule has 0 unspecified atom stereocenters. The number of hydrogen-bond acceptors (Lipinski definition) is 4. The van der Waals surface area contributed by atoms with Gasteiger partial charge in [-0.2, -0.15) is 0 Å². The number of rotatable bonds is 3. The van der Waals surface area contributed by atoms with Crippen LogP contribution in [0.5, 0.6) is 5.75 Å². The van der Waals surface area contributed by atoms with E-state index in [-0.39, 0.29) is 5.04 Å². The molecule has 4 nitrogen and oxygen atoms in total. The Labute approximate surface area is 164 Å². The largest absolute Gasteiger partial charge is 0.542 e. The lowest BCUT2D eigenvalue weighted by Gasteiger charge is -2.37. The molecule has 1 aliphatic heterocycles. The molecule has 2 heterocycles. The SMILES string of the molecule is CC1(C)OB(c2ccc3cccnc3c2O[Si](C)(C)C(C)(C)C)OC1(C)C. The summed E-state index contributed by atoms with van der Waals surface area (Å²) in [5.74, 6) is 0.804. The van der Waals surface area contributed by atoms with Crippen LogP contribution >= 0.6 is 0 Å². The van der Waals surface area contributed by atoms with Gasteiger partial charge in [0, 0.05) is 17.0 Å². The quantitative estimate of drug-likeness (QED) is 0.704. The maximum Gasteiger partial charge on any atom is 0.498 e. The zero-order valence-corrected chi connectivity index (χ0v) is 19.1. The average Bonchev–Trinajstić information content (AvgIpc) is 2.74. The summed E-state index contributed by atoms with van der Waals surface area (Å²) < 4.78 is 19.4. The van der Waals surface area contributed by atoms with Crippen molar-refractivity contribution in [2.24, 2.45) is 0 Å². The fourth-order valence-electron chi connectivity index (χ4n) is 2.81. The third-order valence-corrected chi connectivity index (χ3v) is 10.8. The summed E-state index contributed by atoms with van der Waals surface area (Å²) in [6, 6.07) is 8.15. The molecular formula is C21H32BNO3Si. The second kappa shape index (κ2) is 6.33. The van der Waals surface area contributed by atoms with Gasteiger partial charge in [0.1, 0.15) is 11.3 Å². The Kier molecular flexibility index (Phi) is 4.77. The molecule has 0 aliphatic carbocycles. The molecule has 0 atom stereocenters. The van der Waals surface area contributed by atoms with E-state index in [0.29, 0.717) is 0 Å². The van der Waals surface area contributed by atoms with Crippen LogP contribution in [0.3, 0.4) is 0 Å². The van der Waals surface area contributed by atoms with E-state index in [9.17, 15) is 0 Å². The Bertz CT molecular complexity index is 842. The number of hydrogen-bond donors (Lipinski definition) is 0. The molecule has 0 bridgehead atoms. The van der Waals surface area contributed by atoms with Crippen LogP contribution in [0.15, 0.2) is 30.5 Å². The van der Waals surface area contributed by atoms with Crippen molar-refractivity contribution < 1.29 is 13.7 Å². The monoisotopic (exact) mass is 385 g/mol. The summed E-state index contributed by atoms with van der Waals surface area (Å²) in [7, 11) is -2.54. The molecule has 2 aromatic rings. The van der Waals surface area contributed by atoms with Gasteiger partial charge in [0.15, 0.2) is 0 Å². The molecule has 0 radical (unpaired) electrons. The molecule has 0 saturated carbocycles. The Balaban J connectivity index is 2.14. The lowest BCUT2D eigenvalue weighted by atomic mass is 9.78. The third kappa shape index (κ3) is 3.55. The number of aromatic nitrogens is 1. The van der Waals surface area contributed by atoms with Crippen LogP contribution in [-0.2, 0) is 9.31 Å². The fraction of sp³-hybridized carbons (Fsp3) is 0.571. The second-order valence-electron chi connectivity index (χ2n) is 10.0. The van der Waals surface area contributed by atoms with Crippen molar-refractivity contribution in [2.75, 3.05) is 0 Å². The number of benzene rings is 1. The van der Waals surface area contributed by atoms with Crippen molar-refractivity contribution in [1.82, 2.24) is 4.98 Å². The smallest absolute Gasteiger partial charge is 0.498 e. The van der Waals surface area contributed by atoms with Crippen molar-refractivity contribution >= 4 is 31.8 Å². The molecular weight excluding hydrogens is 353 g/mol. The molecule has 1 fully saturated rings. The van der Waals surface area contributed by atoms with Gasteiger partial charge in [-0.05, 0) is 51.9 Å². The highest BCUT2D eigenvalue weighted by molar-refractivity contribution is 6.75. The molecule has 6 heteroatoms. The van der Waals surface area contributed by atoms with Gasteiger partial charge < -0.3 is 13.7 Å². The maximum absolute atomic E-state index is 6.78. The van der Waals surface area contributed by atoms with Gasteiger partial charge in [0.05, 0.1) is 11.2 Å². The molecule has 0 spiro atoms. The highest BCUT2D eigenvalue weighted by atomic mass is 28.4. The highest BCUT2D eigenvalue weighted by Gasteiger charge is 2.53. The zero-order chi connectivity index (χ0) is 20.3. The number of nitrogens with zero attached hydrogens (tertiary/aromatic N) is 1. The fourth-order valence-corrected chi connectivity index (χ4v) is 3.84. The van der Waals surface area contributed by atoms with Crippen molar-refractivity contribution in [1.29, 1.82) is 0 Å². The summed E-state index contributed by atoms with van der Waals surface area (Å²) in [4.78, 5) is 4.64. The van der Waals surface area contributed by atoms with Crippen LogP contribution in [0.25, 0.3) is 10.9 Å². The van der Waals surface area contributed by atoms with Crippen LogP contribution < -0.4 is 9.89 Å². The normalized spacial score (nSPS) is 19.5. The van der Waals surface area contributed by atoms with Crippen LogP contribution in [0.2, 0.25) is 18.1 Å². The van der Waals surface area contributed by atoms with E-state index in [4.69, 9.17) is 13.7 Å². The lowest BCUT2D eigenvalue weighted by molar-refractivity contribution is 0.00578. The van der Waals surface area contributed by atoms with E-state index in [2.05, 4.69) is 84.7 Å². The first kappa shape index (κ1) is 20.4. The Hall–Kier alpha value is -1.37. The van der Waals surface area contributed by atoms with Gasteiger partial charge in [-0.15, -0.1) is 0 Å². The van der Waals surface area contributed by atoms with Crippen molar-refractivity contribution in [3.05, 3.63) is 30.5 Å². The molecule has 1 aliphatic rings. The second-order valence-corrected chi connectivity index (χ2v) is 14.7. The Morgan fingerprint density at radius 1 is 1.00 bits per heavy atom. The minimum Gasteiger partial charge on any atom is -0.542 e. The van der Waals surface area contributed by atoms with Crippen molar-refractivity contribution in [3.8, 4) is 5.75 Å². The van der Waals surface area contributed by atoms with E-state index >= 15 is 0 Å². The van der Waals surface area contributed by atoms with Gasteiger partial charge in [0.25, 0.3) is 8.32 Å². The van der Waals surface area contributed by atoms with E-state index in [0.717, 1.165) is 22.1 Å². The molecule has 1 saturated heterocycles. The summed E-state index contributed by atoms with van der Waals surface area (Å²) in [5.41, 5.74) is 0.995. The van der Waals surface area contributed by atoms with Gasteiger partial charge in [-0.3, -0.25) is 4.98 Å². The summed E-state index contributed by atoms with van der Waals surface area (Å²) in [6.07, 6.45) is 1.81. The van der Waals surface area contributed by atoms with Gasteiger partial charge in [-0.25, -0.2) is 0 Å². The Morgan fingerprint density at radius 2 is 1.59 bits per heavy atom. The van der Waals surface area contributed by atoms with Crippen LogP contribution in [0.4, 0.5) is 0 Å². The molecule has 1 aromatic carbocycles. The van der Waals surface area contributed by atoms with E-state index < -0.39 is 26.6 Å². The first-order valence-electron chi connectivity index (χ1n) is 9.67. The minimum atomic E-state index is -2.07. The Morgan fingerprint density at radius 3 is 2.15 bits per heavy atom. The first-order valence-corrected chi connectivity index (χ1v) is 12.6. The van der Waals surface area contributed by atoms with Crippen LogP contribution in [0, 0.1) is 0 Å². The standard InChI is InChI=1S/C21H32BNO3Si/c1-19(2,3)27(8,9)24-18-16(13-12-15-11-10-14-23-17(15)18)22-25-20(4,5)21(6,7)26-22/h10-14H,1-9H3. The van der Waals surface area contributed by atoms with Gasteiger partial charge in [-0.1, -0.05) is 39.0 Å². The summed E-state index contributed by atoms with van der Waals surface area (Å²) in [6.45, 7) is 19.5. The topological polar surface area (TPSA) is 40.6 Å². The summed E-state index contributed by atoms with van der Waals surface area (Å²) in [5, 5.41) is 1.14. The number of fused-ring (bicyclic) bond motifs is 1. The number of pyridine rings is 1. The predicted octanol–water partition coefficient (Wildman–Crippen LogP) is 4.92. The van der Waals surface area contributed by atoms with E-state index in [1.807, 2.05) is 12.3 Å². The lowest BCUT2D eigenvalue weighted by Crippen LogP contribution is -2.46. The van der Waals surface area contributed by atoms with Crippen LogP contribution in [0.1, 0.15) is 48.5 Å². The van der Waals surface area contributed by atoms with E-state index in [1.54, 1.807) is 0 Å². The highest BCUT2D eigenvalue weighted by Crippen LogP contribution is 2.41. The molecule has 1 aromatic heterocycles. The first-order chi connectivity index (χ1) is 12.3. The molecule has 146 valence electrons. The molecule has 0 amide bonds. The summed E-state index contributed by atoms with van der Waals surface area (Å²) >= 11 is 0. The molecule has 0 N–H and O–H groups in total. The van der Waals surface area contributed by atoms with Gasteiger partial charge >= 0.3 is 7.12 Å². The predicted molar refractivity (Wildman–Crippen MR) is 115 cm³/mol. The minimum absolute atomic E-state index is 0.0805. The van der Waals surface area contributed by atoms with Crippen LogP contribution in [-0.4, -0.2) is 31.6 Å².